The summed E-state index contributed by atoms with van der Waals surface area (Å²) in [6, 6.07) is 7.64. The fraction of sp³-hybridized carbons (Fsp3) is 0.529. The molecule has 3 atom stereocenters. The first kappa shape index (κ1) is 19.1. The van der Waals surface area contributed by atoms with Crippen molar-refractivity contribution in [2.24, 2.45) is 17.4 Å². The maximum atomic E-state index is 11.9. The average molecular weight is 321 g/mol. The molecule has 0 fully saturated rings. The van der Waals surface area contributed by atoms with Crippen LogP contribution in [0.5, 0.6) is 0 Å². The molecule has 0 spiro atoms. The molecule has 1 aromatic rings. The Balaban J connectivity index is 2.82. The molecular weight excluding hydrogens is 294 g/mol. The van der Waals surface area contributed by atoms with E-state index in [9.17, 15) is 9.59 Å². The first-order chi connectivity index (χ1) is 10.8. The van der Waals surface area contributed by atoms with Crippen LogP contribution in [-0.2, 0) is 20.7 Å². The molecule has 1 rings (SSSR count). The van der Waals surface area contributed by atoms with Crippen molar-refractivity contribution in [1.29, 1.82) is 0 Å². The number of nitrogens with two attached hydrogens (primary N) is 2. The van der Waals surface area contributed by atoms with Crippen LogP contribution in [-0.4, -0.2) is 37.1 Å². The molecular formula is C17H27N3O3. The first-order valence-electron chi connectivity index (χ1n) is 7.77. The van der Waals surface area contributed by atoms with Crippen LogP contribution in [0.2, 0.25) is 0 Å². The summed E-state index contributed by atoms with van der Waals surface area (Å²) in [5.74, 6) is -0.742. The Hall–Kier alpha value is -1.92. The number of carbonyl (C=O) groups is 2. The molecule has 6 nitrogen and oxygen atoms in total. The van der Waals surface area contributed by atoms with Gasteiger partial charge in [-0.25, -0.2) is 0 Å². The van der Waals surface area contributed by atoms with Crippen LogP contribution >= 0.6 is 0 Å². The molecule has 0 aromatic heterocycles. The van der Waals surface area contributed by atoms with Crippen molar-refractivity contribution in [3.05, 3.63) is 35.9 Å². The lowest BCUT2D eigenvalue weighted by Gasteiger charge is -2.27. The van der Waals surface area contributed by atoms with Crippen LogP contribution < -0.4 is 16.8 Å². The number of esters is 1. The first-order valence-corrected chi connectivity index (χ1v) is 7.77. The topological polar surface area (TPSA) is 107 Å². The van der Waals surface area contributed by atoms with E-state index in [1.807, 2.05) is 44.2 Å². The van der Waals surface area contributed by atoms with Gasteiger partial charge in [-0.05, 0) is 24.3 Å². The van der Waals surface area contributed by atoms with E-state index in [1.165, 1.54) is 7.11 Å². The molecule has 0 aliphatic rings. The molecule has 5 N–H and O–H groups in total. The molecule has 0 heterocycles. The summed E-state index contributed by atoms with van der Waals surface area (Å²) in [4.78, 5) is 23.7. The normalized spacial score (nSPS) is 15.0. The molecule has 6 heteroatoms. The molecule has 0 radical (unpaired) electrons. The molecule has 1 amide bonds. The van der Waals surface area contributed by atoms with Crippen LogP contribution in [0, 0.1) is 5.92 Å². The highest BCUT2D eigenvalue weighted by Gasteiger charge is 2.30. The van der Waals surface area contributed by atoms with Crippen LogP contribution in [0.4, 0.5) is 0 Å². The summed E-state index contributed by atoms with van der Waals surface area (Å²) < 4.78 is 4.80. The monoisotopic (exact) mass is 321 g/mol. The van der Waals surface area contributed by atoms with E-state index in [4.69, 9.17) is 16.2 Å². The van der Waals surface area contributed by atoms with Gasteiger partial charge >= 0.3 is 5.97 Å². The summed E-state index contributed by atoms with van der Waals surface area (Å²) in [5.41, 5.74) is 12.6. The van der Waals surface area contributed by atoms with Gasteiger partial charge in [-0.3, -0.25) is 14.9 Å². The second kappa shape index (κ2) is 9.27. The summed E-state index contributed by atoms with van der Waals surface area (Å²) in [5, 5.41) is 2.98. The molecule has 0 bridgehead atoms. The third kappa shape index (κ3) is 6.38. The number of methoxy groups -OCH3 is 1. The van der Waals surface area contributed by atoms with Gasteiger partial charge in [-0.15, -0.1) is 0 Å². The molecule has 0 saturated carbocycles. The standard InChI is InChI=1S/C17H27N3O3/c1-11(2)9-14(17(22)23-3)20-15(16(19)21)13(18)10-12-7-5-4-6-8-12/h4-8,11,13-15,20H,9-10,18H2,1-3H3,(H2,19,21)/t13-,14-,15-/m0/s1. The minimum absolute atomic E-state index is 0.255. The van der Waals surface area contributed by atoms with Crippen molar-refractivity contribution in [1.82, 2.24) is 5.32 Å². The van der Waals surface area contributed by atoms with Gasteiger partial charge in [0.05, 0.1) is 7.11 Å². The summed E-state index contributed by atoms with van der Waals surface area (Å²) in [7, 11) is 1.32. The third-order valence-electron chi connectivity index (χ3n) is 3.62. The quantitative estimate of drug-likeness (QED) is 0.577. The van der Waals surface area contributed by atoms with E-state index in [0.29, 0.717) is 12.8 Å². The number of hydrogen-bond donors (Lipinski definition) is 3. The van der Waals surface area contributed by atoms with Gasteiger partial charge in [-0.2, -0.15) is 0 Å². The molecule has 128 valence electrons. The number of hydrogen-bond acceptors (Lipinski definition) is 5. The Labute approximate surface area is 137 Å². The minimum atomic E-state index is -0.807. The van der Waals surface area contributed by atoms with Gasteiger partial charge in [0, 0.05) is 6.04 Å². The zero-order chi connectivity index (χ0) is 17.4. The Morgan fingerprint density at radius 2 is 1.83 bits per heavy atom. The molecule has 1 aromatic carbocycles. The van der Waals surface area contributed by atoms with Crippen LogP contribution in [0.25, 0.3) is 0 Å². The van der Waals surface area contributed by atoms with Gasteiger partial charge in [0.25, 0.3) is 0 Å². The Morgan fingerprint density at radius 1 is 1.22 bits per heavy atom. The van der Waals surface area contributed by atoms with Crippen molar-refractivity contribution < 1.29 is 14.3 Å². The largest absolute Gasteiger partial charge is 0.468 e. The molecule has 0 aliphatic heterocycles. The number of amides is 1. The number of primary amides is 1. The highest BCUT2D eigenvalue weighted by Crippen LogP contribution is 2.10. The van der Waals surface area contributed by atoms with Gasteiger partial charge in [0.2, 0.25) is 5.91 Å². The van der Waals surface area contributed by atoms with Crippen molar-refractivity contribution in [2.75, 3.05) is 7.11 Å². The molecule has 0 unspecified atom stereocenters. The highest BCUT2D eigenvalue weighted by molar-refractivity contribution is 5.82. The van der Waals surface area contributed by atoms with Crippen LogP contribution in [0.3, 0.4) is 0 Å². The number of nitrogens with one attached hydrogen (secondary N) is 1. The number of benzene rings is 1. The molecule has 0 saturated heterocycles. The maximum Gasteiger partial charge on any atom is 0.322 e. The van der Waals surface area contributed by atoms with Gasteiger partial charge in [0.15, 0.2) is 0 Å². The predicted octanol–water partition coefficient (Wildman–Crippen LogP) is 0.588. The van der Waals surface area contributed by atoms with Gasteiger partial charge in [0.1, 0.15) is 12.1 Å². The summed E-state index contributed by atoms with van der Waals surface area (Å²) >= 11 is 0. The average Bonchev–Trinajstić information content (AvgIpc) is 2.50. The van der Waals surface area contributed by atoms with E-state index >= 15 is 0 Å². The minimum Gasteiger partial charge on any atom is -0.468 e. The second-order valence-corrected chi connectivity index (χ2v) is 6.11. The highest BCUT2D eigenvalue weighted by atomic mass is 16.5. The third-order valence-corrected chi connectivity index (χ3v) is 3.62. The second-order valence-electron chi connectivity index (χ2n) is 6.11. The van der Waals surface area contributed by atoms with Gasteiger partial charge in [-0.1, -0.05) is 44.2 Å². The number of ether oxygens (including phenoxy) is 1. The molecule has 0 aliphatic carbocycles. The van der Waals surface area contributed by atoms with E-state index in [2.05, 4.69) is 5.32 Å². The van der Waals surface area contributed by atoms with Crippen molar-refractivity contribution in [2.45, 2.75) is 44.8 Å². The Morgan fingerprint density at radius 3 is 2.30 bits per heavy atom. The van der Waals surface area contributed by atoms with E-state index in [1.54, 1.807) is 0 Å². The van der Waals surface area contributed by atoms with E-state index in [0.717, 1.165) is 5.56 Å². The van der Waals surface area contributed by atoms with Crippen molar-refractivity contribution in [3.63, 3.8) is 0 Å². The number of carbonyl (C=O) groups excluding carboxylic acids is 2. The fourth-order valence-electron chi connectivity index (χ4n) is 2.48. The maximum absolute atomic E-state index is 11.9. The smallest absolute Gasteiger partial charge is 0.322 e. The van der Waals surface area contributed by atoms with Crippen molar-refractivity contribution in [3.8, 4) is 0 Å². The number of rotatable bonds is 9. The molecule has 23 heavy (non-hydrogen) atoms. The zero-order valence-corrected chi connectivity index (χ0v) is 14.0. The Bertz CT molecular complexity index is 505. The van der Waals surface area contributed by atoms with Crippen molar-refractivity contribution >= 4 is 11.9 Å². The summed E-state index contributed by atoms with van der Waals surface area (Å²) in [6.07, 6.45) is 1.02. The van der Waals surface area contributed by atoms with E-state index in [-0.39, 0.29) is 5.92 Å². The lowest BCUT2D eigenvalue weighted by molar-refractivity contribution is -0.144. The van der Waals surface area contributed by atoms with E-state index < -0.39 is 30.0 Å². The summed E-state index contributed by atoms with van der Waals surface area (Å²) in [6.45, 7) is 3.97. The van der Waals surface area contributed by atoms with Crippen LogP contribution in [0.1, 0.15) is 25.8 Å². The SMILES string of the molecule is COC(=O)[C@H](CC(C)C)N[C@H](C(N)=O)[C@@H](N)Cc1ccccc1. The fourth-order valence-corrected chi connectivity index (χ4v) is 2.48. The van der Waals surface area contributed by atoms with Gasteiger partial charge < -0.3 is 16.2 Å². The predicted molar refractivity (Wildman–Crippen MR) is 89.5 cm³/mol. The lowest BCUT2D eigenvalue weighted by Crippen LogP contribution is -2.58. The lowest BCUT2D eigenvalue weighted by atomic mass is 9.97. The van der Waals surface area contributed by atoms with Crippen LogP contribution in [0.15, 0.2) is 30.3 Å². The Kier molecular flexibility index (Phi) is 7.71. The zero-order valence-electron chi connectivity index (χ0n) is 14.0.